The van der Waals surface area contributed by atoms with Gasteiger partial charge < -0.3 is 40.4 Å². The van der Waals surface area contributed by atoms with E-state index in [-0.39, 0.29) is 59.9 Å². The number of nitrogens with zero attached hydrogens (tertiary/aromatic N) is 3. The van der Waals surface area contributed by atoms with Crippen LogP contribution in [-0.4, -0.2) is 136 Å². The Morgan fingerprint density at radius 2 is 1.50 bits per heavy atom. The summed E-state index contributed by atoms with van der Waals surface area (Å²) in [6.07, 6.45) is -0.322. The number of likely N-dealkylation sites (N-methyl/N-ethyl adjacent to an activating group) is 2. The number of nitrogens with two attached hydrogens (primary N) is 1. The Bertz CT molecular complexity index is 1320. The Morgan fingerprint density at radius 3 is 1.98 bits per heavy atom. The second kappa shape index (κ2) is 21.8. The molecule has 308 valence electrons. The normalized spacial score (nSPS) is 21.2. The fourth-order valence-corrected chi connectivity index (χ4v) is 7.97. The summed E-state index contributed by atoms with van der Waals surface area (Å²) in [5, 5.41) is 6.11. The molecular weight excluding hydrogens is 688 g/mol. The Hall–Kier alpha value is -3.10. The minimum Gasteiger partial charge on any atom is -0.380 e. The highest BCUT2D eigenvalue weighted by Gasteiger charge is 2.46. The van der Waals surface area contributed by atoms with Crippen LogP contribution >= 0.6 is 0 Å². The second-order valence-electron chi connectivity index (χ2n) is 16.1. The summed E-state index contributed by atoms with van der Waals surface area (Å²) in [5.41, 5.74) is 7.40. The predicted molar refractivity (Wildman–Crippen MR) is 212 cm³/mol. The third kappa shape index (κ3) is 11.9. The molecule has 0 spiro atoms. The number of amides is 4. The van der Waals surface area contributed by atoms with Crippen LogP contribution in [0.1, 0.15) is 86.3 Å². The number of nitrogens with one attached hydrogen (secondary N) is 2. The van der Waals surface area contributed by atoms with Crippen molar-refractivity contribution in [1.82, 2.24) is 25.3 Å². The molecule has 0 aromatic heterocycles. The Morgan fingerprint density at radius 1 is 0.889 bits per heavy atom. The molecule has 0 bridgehead atoms. The molecule has 1 heterocycles. The predicted octanol–water partition coefficient (Wildman–Crippen LogP) is 3.46. The number of carbonyl (C=O) groups is 4. The van der Waals surface area contributed by atoms with Gasteiger partial charge in [0.05, 0.1) is 48.8 Å². The van der Waals surface area contributed by atoms with Crippen LogP contribution in [0.3, 0.4) is 0 Å². The molecule has 1 saturated heterocycles. The van der Waals surface area contributed by atoms with E-state index in [0.717, 1.165) is 12.0 Å². The molecule has 1 aromatic carbocycles. The smallest absolute Gasteiger partial charge is 0.245 e. The van der Waals surface area contributed by atoms with E-state index in [1.54, 1.807) is 45.1 Å². The summed E-state index contributed by atoms with van der Waals surface area (Å²) in [7, 11) is 10.2. The van der Waals surface area contributed by atoms with Crippen molar-refractivity contribution >= 4 is 23.6 Å². The molecule has 11 atom stereocenters. The minimum absolute atomic E-state index is 0.00913. The molecule has 0 saturated carbocycles. The lowest BCUT2D eigenvalue weighted by atomic mass is 9.89. The first-order chi connectivity index (χ1) is 25.4. The van der Waals surface area contributed by atoms with Crippen LogP contribution in [0.2, 0.25) is 0 Å². The number of rotatable bonds is 21. The quantitative estimate of drug-likeness (QED) is 0.171. The zero-order valence-corrected chi connectivity index (χ0v) is 35.5. The van der Waals surface area contributed by atoms with E-state index in [9.17, 15) is 19.2 Å². The summed E-state index contributed by atoms with van der Waals surface area (Å²) >= 11 is 0. The van der Waals surface area contributed by atoms with Crippen molar-refractivity contribution in [3.63, 3.8) is 0 Å². The van der Waals surface area contributed by atoms with Crippen molar-refractivity contribution in [2.45, 2.75) is 129 Å². The van der Waals surface area contributed by atoms with Gasteiger partial charge in [-0.1, -0.05) is 85.2 Å². The zero-order chi connectivity index (χ0) is 41.0. The molecule has 3 unspecified atom stereocenters. The van der Waals surface area contributed by atoms with Gasteiger partial charge in [0.25, 0.3) is 0 Å². The van der Waals surface area contributed by atoms with Gasteiger partial charge in [0.1, 0.15) is 6.04 Å². The molecule has 0 radical (unpaired) electrons. The lowest BCUT2D eigenvalue weighted by Gasteiger charge is -2.41. The Kier molecular flexibility index (Phi) is 19.0. The number of methoxy groups -OCH3 is 3. The minimum atomic E-state index is -0.769. The number of hydrogen-bond donors (Lipinski definition) is 3. The number of carbonyl (C=O) groups excluding carboxylic acids is 4. The molecule has 0 aliphatic carbocycles. The van der Waals surface area contributed by atoms with Crippen molar-refractivity contribution in [1.29, 1.82) is 0 Å². The van der Waals surface area contributed by atoms with E-state index in [2.05, 4.69) is 10.6 Å². The standard InChI is InChI=1S/C41H72N6O7/c1-15-26(6)37(46(11)41(51)35(24(2)3)44-40(50)36(25(4)5)45(9)10)32(53-13)22-33(48)47-23-30(52-12)21-31(47)38(54-14)27(7)39(49)43-28(8)34(42)29-19-17-16-18-20-29/h16-20,24-28,30-32,34-38H,15,21-23,42H2,1-14H3,(H,43,49)(H,44,50)/t26?,27-,28-,30?,31+,32+,34?,35+,36+,37+,38-/m1/s1. The molecule has 1 aromatic rings. The number of hydrogen-bond acceptors (Lipinski definition) is 9. The summed E-state index contributed by atoms with van der Waals surface area (Å²) < 4.78 is 17.8. The average molecular weight is 761 g/mol. The molecule has 13 heteroatoms. The highest BCUT2D eigenvalue weighted by atomic mass is 16.5. The van der Waals surface area contributed by atoms with Gasteiger partial charge in [0.2, 0.25) is 23.6 Å². The molecule has 1 aliphatic rings. The molecule has 2 rings (SSSR count). The van der Waals surface area contributed by atoms with Crippen LogP contribution in [0.4, 0.5) is 0 Å². The molecule has 1 fully saturated rings. The highest BCUT2D eigenvalue weighted by Crippen LogP contribution is 2.31. The van der Waals surface area contributed by atoms with Crippen LogP contribution in [0.25, 0.3) is 0 Å². The number of likely N-dealkylation sites (tertiary alicyclic amines) is 1. The molecule has 4 N–H and O–H groups in total. The summed E-state index contributed by atoms with van der Waals surface area (Å²) in [5.74, 6) is -1.64. The van der Waals surface area contributed by atoms with Crippen LogP contribution in [-0.2, 0) is 33.4 Å². The van der Waals surface area contributed by atoms with E-state index in [1.807, 2.05) is 97.8 Å². The monoisotopic (exact) mass is 761 g/mol. The maximum atomic E-state index is 14.4. The third-order valence-electron chi connectivity index (χ3n) is 11.4. The average Bonchev–Trinajstić information content (AvgIpc) is 3.57. The van der Waals surface area contributed by atoms with E-state index >= 15 is 0 Å². The van der Waals surface area contributed by atoms with Gasteiger partial charge in [-0.15, -0.1) is 0 Å². The van der Waals surface area contributed by atoms with Crippen molar-refractivity contribution in [2.24, 2.45) is 29.4 Å². The molecular formula is C41H72N6O7. The van der Waals surface area contributed by atoms with Gasteiger partial charge in [-0.05, 0) is 50.8 Å². The van der Waals surface area contributed by atoms with Gasteiger partial charge in [-0.2, -0.15) is 0 Å². The molecule has 1 aliphatic heterocycles. The van der Waals surface area contributed by atoms with Gasteiger partial charge >= 0.3 is 0 Å². The first-order valence-electron chi connectivity index (χ1n) is 19.6. The third-order valence-corrected chi connectivity index (χ3v) is 11.4. The van der Waals surface area contributed by atoms with Crippen molar-refractivity contribution in [2.75, 3.05) is 49.0 Å². The number of benzene rings is 1. The highest BCUT2D eigenvalue weighted by molar-refractivity contribution is 5.90. The molecule has 13 nitrogen and oxygen atoms in total. The summed E-state index contributed by atoms with van der Waals surface area (Å²) in [6.45, 7) is 15.9. The van der Waals surface area contributed by atoms with Gasteiger partial charge in [-0.25, -0.2) is 0 Å². The maximum Gasteiger partial charge on any atom is 0.245 e. The Balaban J connectivity index is 2.33. The fourth-order valence-electron chi connectivity index (χ4n) is 7.97. The first-order valence-corrected chi connectivity index (χ1v) is 19.6. The molecule has 54 heavy (non-hydrogen) atoms. The van der Waals surface area contributed by atoms with E-state index in [1.165, 1.54) is 0 Å². The first kappa shape index (κ1) is 47.1. The lowest BCUT2D eigenvalue weighted by Crippen LogP contribution is -2.59. The maximum absolute atomic E-state index is 14.4. The van der Waals surface area contributed by atoms with Crippen molar-refractivity contribution < 1.29 is 33.4 Å². The van der Waals surface area contributed by atoms with Gasteiger partial charge in [-0.3, -0.25) is 24.1 Å². The van der Waals surface area contributed by atoms with Crippen molar-refractivity contribution in [3.8, 4) is 0 Å². The van der Waals surface area contributed by atoms with Crippen LogP contribution in [0, 0.1) is 23.7 Å². The van der Waals surface area contributed by atoms with Gasteiger partial charge in [0.15, 0.2) is 0 Å². The second-order valence-corrected chi connectivity index (χ2v) is 16.1. The van der Waals surface area contributed by atoms with Crippen LogP contribution in [0.5, 0.6) is 0 Å². The fraction of sp³-hybridized carbons (Fsp3) is 0.756. The largest absolute Gasteiger partial charge is 0.380 e. The zero-order valence-electron chi connectivity index (χ0n) is 35.5. The van der Waals surface area contributed by atoms with Crippen LogP contribution in [0.15, 0.2) is 30.3 Å². The van der Waals surface area contributed by atoms with E-state index < -0.39 is 48.3 Å². The van der Waals surface area contributed by atoms with E-state index in [0.29, 0.717) is 13.0 Å². The summed E-state index contributed by atoms with van der Waals surface area (Å²) in [6, 6.07) is 6.78. The van der Waals surface area contributed by atoms with Crippen LogP contribution < -0.4 is 16.4 Å². The van der Waals surface area contributed by atoms with E-state index in [4.69, 9.17) is 19.9 Å². The summed E-state index contributed by atoms with van der Waals surface area (Å²) in [4.78, 5) is 61.0. The lowest BCUT2D eigenvalue weighted by molar-refractivity contribution is -0.148. The topological polar surface area (TPSA) is 156 Å². The molecule has 4 amide bonds. The van der Waals surface area contributed by atoms with Gasteiger partial charge in [0, 0.05) is 47.0 Å². The Labute approximate surface area is 325 Å². The number of ether oxygens (including phenoxy) is 3. The SMILES string of the molecule is CCC(C)[C@@H]([C@H](CC(=O)N1CC(OC)C[C@H]1[C@H](OC)[C@@H](C)C(=O)N[C@H](C)C(N)c1ccccc1)OC)N(C)C(=O)[C@@H](NC(=O)[C@H](C(C)C)N(C)C)C(C)C. The van der Waals surface area contributed by atoms with Crippen molar-refractivity contribution in [3.05, 3.63) is 35.9 Å².